The second kappa shape index (κ2) is 49.4. The molecule has 38 heteroatoms. The lowest BCUT2D eigenvalue weighted by Crippen LogP contribution is -2.61. The van der Waals surface area contributed by atoms with Gasteiger partial charge in [0.2, 0.25) is 23.6 Å². The number of ether oxygens (including phenoxy) is 10. The first-order chi connectivity index (χ1) is 66.1. The maximum Gasteiger partial charge on any atom is 0.407 e. The van der Waals surface area contributed by atoms with Gasteiger partial charge in [-0.15, -0.1) is 0 Å². The Balaban J connectivity index is 0.493. The number of oxazole rings is 1. The Bertz CT molecular complexity index is 5360. The molecule has 1 aliphatic carbocycles. The Labute approximate surface area is 798 Å². The van der Waals surface area contributed by atoms with E-state index in [9.17, 15) is 48.9 Å². The van der Waals surface area contributed by atoms with Gasteiger partial charge in [-0.3, -0.25) is 24.0 Å². The largest absolute Gasteiger partial charge is 0.460 e. The van der Waals surface area contributed by atoms with Gasteiger partial charge in [-0.25, -0.2) is 44.2 Å². The summed E-state index contributed by atoms with van der Waals surface area (Å²) in [6.45, 7) is 19.6. The number of nitrogens with zero attached hydrogens (tertiary/aromatic N) is 13. The number of nitrogen functional groups attached to an aromatic ring is 2. The number of carbonyl (C=O) groups excluding carboxylic acids is 7. The predicted octanol–water partition coefficient (Wildman–Crippen LogP) is 8.74. The SMILES string of the molecule is CO[C@H]1C[C@@H]2CC[C@@H](C)[C@@](O)(O2)C(=O)C(=O)N2CCCC[C@H]2C(=O)O[C@H]([C@H](C)C[C@@H]2CC[C@@H](OC(=O)NCc3cnc(N4CCN(c5ncc(C(=O)NCCOCCOCCOCCOCCC(=O)N6CCc7cc(Cn8nc(-c9ccc%10oc(N)nc%10c9)c9c(N)ncnc98)ccc7C6)cn5)CC4)nc3)[C@H](OC)C2)C[C@@H](O)[C@H](C)/C=C(\C)[C@@H](O)[C@@H](OC)C(=O)[C@H](C)C[C@H](C)/C=C/C=C/C=C/1C. The minimum atomic E-state index is -2.48. The lowest BCUT2D eigenvalue weighted by atomic mass is 9.78. The Morgan fingerprint density at radius 2 is 1.40 bits per heavy atom. The number of carbonyl (C=O) groups is 7. The van der Waals surface area contributed by atoms with E-state index in [1.807, 2.05) is 89.6 Å². The fraction of sp³-hybridized carbons (Fsp3) is 0.586. The van der Waals surface area contributed by atoms with Crippen molar-refractivity contribution in [3.8, 4) is 11.3 Å². The van der Waals surface area contributed by atoms with Crippen LogP contribution in [0.4, 0.5) is 28.5 Å². The zero-order valence-electron chi connectivity index (χ0n) is 80.3. The number of fused-ring (bicyclic) bond motifs is 6. The topological polar surface area (TPSA) is 483 Å². The fourth-order valence-corrected chi connectivity index (χ4v) is 19.0. The number of nitrogens with one attached hydrogen (secondary N) is 2. The molecule has 2 aromatic carbocycles. The van der Waals surface area contributed by atoms with Crippen molar-refractivity contribution < 1.29 is 101 Å². The highest BCUT2D eigenvalue weighted by molar-refractivity contribution is 6.39. The molecule has 16 atom stereocenters. The number of piperidine rings is 1. The normalized spacial score (nSPS) is 27.0. The average Bonchev–Trinajstić information content (AvgIpc) is 1.64. The van der Waals surface area contributed by atoms with Gasteiger partial charge in [-0.1, -0.05) is 89.3 Å². The van der Waals surface area contributed by atoms with E-state index in [-0.39, 0.29) is 94.0 Å². The molecule has 1 saturated carbocycles. The van der Waals surface area contributed by atoms with Gasteiger partial charge in [0, 0.05) is 147 Å². The van der Waals surface area contributed by atoms with Crippen LogP contribution in [0.15, 0.2) is 120 Å². The molecular formula is C99H135N17O21. The number of benzene rings is 2. The third kappa shape index (κ3) is 27.3. The fourth-order valence-electron chi connectivity index (χ4n) is 19.0. The summed E-state index contributed by atoms with van der Waals surface area (Å²) in [5.74, 6) is -7.03. The van der Waals surface area contributed by atoms with Crippen molar-refractivity contribution in [3.05, 3.63) is 143 Å². The average molecular weight is 1900 g/mol. The highest BCUT2D eigenvalue weighted by Gasteiger charge is 2.53. The van der Waals surface area contributed by atoms with Crippen LogP contribution in [0.25, 0.3) is 33.4 Å². The van der Waals surface area contributed by atoms with Gasteiger partial charge in [-0.05, 0) is 148 Å². The number of alkyl carbamates (subject to hydrolysis) is 1. The summed E-state index contributed by atoms with van der Waals surface area (Å²) in [4.78, 5) is 136. The number of methoxy groups -OCH3 is 3. The molecule has 4 amide bonds. The zero-order chi connectivity index (χ0) is 97.4. The van der Waals surface area contributed by atoms with E-state index in [4.69, 9.17) is 68.4 Å². The third-order valence-electron chi connectivity index (χ3n) is 27.1. The number of anilines is 4. The van der Waals surface area contributed by atoms with E-state index < -0.39 is 108 Å². The Morgan fingerprint density at radius 1 is 0.693 bits per heavy atom. The molecule has 6 aliphatic rings. The minimum absolute atomic E-state index is 0.0150. The number of aliphatic hydroxyl groups excluding tert-OH is 2. The number of piperazine rings is 1. The van der Waals surface area contributed by atoms with E-state index in [2.05, 4.69) is 63.7 Å². The number of aliphatic hydroxyl groups is 3. The lowest BCUT2D eigenvalue weighted by Gasteiger charge is -2.43. The van der Waals surface area contributed by atoms with Gasteiger partial charge in [0.05, 0.1) is 101 Å². The van der Waals surface area contributed by atoms with Crippen LogP contribution in [-0.2, 0) is 97.4 Å². The second-order valence-electron chi connectivity index (χ2n) is 37.0. The quantitative estimate of drug-likeness (QED) is 0.00957. The highest BCUT2D eigenvalue weighted by Crippen LogP contribution is 2.41. The standard InChI is InChI=1S/C99H135N17O21/c1-60-16-12-11-13-17-61(2)80(127-8)50-74-24-19-66(7)99(126,137-74)89(121)93(123)115-30-15-14-18-76(115)94(124)134-81(51-77(117)62(3)45-65(6)87(120)88(129-10)86(119)64(5)44-60)63(4)46-67-21-25-79(82(48-67)128-9)136-98(125)107-54-69-52-103-96(104-53-69)112-32-34-113(35-33-112)97-105-55-73(56-106-97)92(122)102-29-37-131-39-41-133-43-42-132-40-38-130-36-28-83(118)114-31-27-70-47-68(20-22-72(70)58-114)57-116-91-84(90(100)108-59-109-91)85(111-116)71-23-26-78-75(49-71)110-95(101)135-78/h11-13,16-17,20,22-23,26,45,47,49,52-53,55-56,59-60,62-64,66-67,74,76-77,79-82,87-88,117,120,126H,14-15,18-19,21,24-25,27-44,46,48,50-51,54,57-58H2,1-10H3,(H2,101,110)(H,102,122)(H,107,125)(H2,100,108,109)/b13-11+,16-12+,61-17+,65-45+/t60-,62-,63-,64-,66-,67+,74+,76+,77-,79-,80+,81+,82-,87-,88+,99-/m1/s1. The van der Waals surface area contributed by atoms with Crippen LogP contribution in [0.3, 0.4) is 0 Å². The Hall–Kier alpha value is -11.2. The van der Waals surface area contributed by atoms with Gasteiger partial charge in [0.1, 0.15) is 53.8 Å². The molecule has 0 radical (unpaired) electrons. The van der Waals surface area contributed by atoms with E-state index in [1.54, 1.807) is 59.5 Å². The maximum atomic E-state index is 14.9. The molecule has 5 aliphatic heterocycles. The molecular weight excluding hydrogens is 1760 g/mol. The summed E-state index contributed by atoms with van der Waals surface area (Å²) >= 11 is 0. The number of rotatable bonds is 30. The predicted molar refractivity (Wildman–Crippen MR) is 508 cm³/mol. The summed E-state index contributed by atoms with van der Waals surface area (Å²) in [7, 11) is 4.52. The Morgan fingerprint density at radius 3 is 2.11 bits per heavy atom. The number of ketones is 2. The second-order valence-corrected chi connectivity index (χ2v) is 37.0. The first kappa shape index (κ1) is 103. The molecule has 9 N–H and O–H groups in total. The summed E-state index contributed by atoms with van der Waals surface area (Å²) in [5.41, 5.74) is 20.9. The molecule has 7 aromatic rings. The van der Waals surface area contributed by atoms with Crippen molar-refractivity contribution in [3.63, 3.8) is 0 Å². The number of hydrogen-bond donors (Lipinski definition) is 7. The van der Waals surface area contributed by atoms with Crippen LogP contribution in [0.1, 0.15) is 165 Å². The van der Waals surface area contributed by atoms with Gasteiger partial charge < -0.3 is 109 Å². The van der Waals surface area contributed by atoms with Crippen LogP contribution in [0.5, 0.6) is 0 Å². The molecule has 5 aromatic heterocycles. The lowest BCUT2D eigenvalue weighted by molar-refractivity contribution is -0.265. The number of aromatic nitrogens is 9. The van der Waals surface area contributed by atoms with Crippen molar-refractivity contribution in [1.29, 1.82) is 0 Å². The molecule has 2 bridgehead atoms. The smallest absolute Gasteiger partial charge is 0.407 e. The number of hydrogen-bond acceptors (Lipinski definition) is 33. The molecule has 3 saturated heterocycles. The first-order valence-electron chi connectivity index (χ1n) is 47.9. The molecule has 4 fully saturated rings. The molecule has 10 heterocycles. The van der Waals surface area contributed by atoms with Gasteiger partial charge in [0.25, 0.3) is 23.6 Å². The maximum absolute atomic E-state index is 14.9. The highest BCUT2D eigenvalue weighted by atomic mass is 16.6. The number of esters is 1. The van der Waals surface area contributed by atoms with Crippen molar-refractivity contribution in [2.24, 2.45) is 35.5 Å². The van der Waals surface area contributed by atoms with Crippen molar-refractivity contribution in [2.45, 2.75) is 219 Å². The summed E-state index contributed by atoms with van der Waals surface area (Å²) in [6, 6.07) is 10.7. The number of allylic oxidation sites excluding steroid dienone is 5. The molecule has 0 spiro atoms. The summed E-state index contributed by atoms with van der Waals surface area (Å²) in [5, 5.41) is 47.3. The van der Waals surface area contributed by atoms with Gasteiger partial charge in [0.15, 0.2) is 17.0 Å². The van der Waals surface area contributed by atoms with Gasteiger partial charge in [-0.2, -0.15) is 10.1 Å². The molecule has 742 valence electrons. The van der Waals surface area contributed by atoms with Crippen molar-refractivity contribution in [1.82, 2.24) is 65.1 Å². The van der Waals surface area contributed by atoms with Crippen LogP contribution >= 0.6 is 0 Å². The molecule has 0 unspecified atom stereocenters. The number of nitrogens with two attached hydrogens (primary N) is 2. The summed E-state index contributed by atoms with van der Waals surface area (Å²) in [6.07, 6.45) is 17.3. The van der Waals surface area contributed by atoms with Crippen LogP contribution in [-0.4, -0.2) is 292 Å². The Kier molecular flexibility index (Phi) is 37.2. The van der Waals surface area contributed by atoms with Crippen molar-refractivity contribution in [2.75, 3.05) is 141 Å². The first-order valence-corrected chi connectivity index (χ1v) is 47.9. The number of Topliss-reactive ketones (excluding diaryl/α,β-unsaturated/α-hetero) is 2. The third-order valence-corrected chi connectivity index (χ3v) is 27.1. The van der Waals surface area contributed by atoms with Crippen LogP contribution in [0, 0.1) is 35.5 Å². The monoisotopic (exact) mass is 1900 g/mol. The van der Waals surface area contributed by atoms with Crippen molar-refractivity contribution >= 4 is 87.2 Å². The van der Waals surface area contributed by atoms with Gasteiger partial charge >= 0.3 is 12.1 Å². The van der Waals surface area contributed by atoms with Crippen LogP contribution < -0.4 is 31.9 Å². The minimum Gasteiger partial charge on any atom is -0.460 e. The molecule has 137 heavy (non-hydrogen) atoms. The van der Waals surface area contributed by atoms with E-state index in [1.165, 1.54) is 36.3 Å². The zero-order valence-corrected chi connectivity index (χ0v) is 80.3. The molecule has 38 nitrogen and oxygen atoms in total. The van der Waals surface area contributed by atoms with E-state index >= 15 is 0 Å². The van der Waals surface area contributed by atoms with E-state index in [0.29, 0.717) is 205 Å². The van der Waals surface area contributed by atoms with Crippen LogP contribution in [0.2, 0.25) is 0 Å². The van der Waals surface area contributed by atoms with E-state index in [0.717, 1.165) is 28.7 Å². The number of cyclic esters (lactones) is 1. The summed E-state index contributed by atoms with van der Waals surface area (Å²) < 4.78 is 66.3. The number of amides is 4. The molecule has 13 rings (SSSR count).